The molecular formula is C25H34N8O2. The molecule has 3 aromatic heterocycles. The first-order valence-electron chi connectivity index (χ1n) is 11.6. The van der Waals surface area contributed by atoms with Crippen LogP contribution in [0, 0.1) is 6.92 Å². The maximum atomic E-state index is 6.48. The van der Waals surface area contributed by atoms with Gasteiger partial charge in [0.1, 0.15) is 17.3 Å². The highest BCUT2D eigenvalue weighted by Gasteiger charge is 2.25. The molecule has 1 aliphatic heterocycles. The lowest BCUT2D eigenvalue weighted by atomic mass is 10.0. The molecule has 0 aliphatic carbocycles. The summed E-state index contributed by atoms with van der Waals surface area (Å²) < 4.78 is 13.7. The number of hydrogen-bond acceptors (Lipinski definition) is 8. The van der Waals surface area contributed by atoms with Crippen LogP contribution in [-0.4, -0.2) is 76.0 Å². The Morgan fingerprint density at radius 3 is 2.80 bits per heavy atom. The average molecular weight is 479 g/mol. The first-order valence-corrected chi connectivity index (χ1v) is 11.6. The van der Waals surface area contributed by atoms with Gasteiger partial charge in [-0.1, -0.05) is 0 Å². The zero-order valence-corrected chi connectivity index (χ0v) is 21.5. The normalized spacial score (nSPS) is 21.0. The molecule has 4 heterocycles. The zero-order chi connectivity index (χ0) is 25.3. The van der Waals surface area contributed by atoms with E-state index in [1.54, 1.807) is 18.8 Å². The number of aliphatic imine (C=N–C) groups is 1. The van der Waals surface area contributed by atoms with Crippen molar-refractivity contribution in [2.75, 3.05) is 34.3 Å². The number of aromatic amines is 1. The molecule has 0 saturated heterocycles. The fourth-order valence-corrected chi connectivity index (χ4v) is 4.52. The lowest BCUT2D eigenvalue weighted by Gasteiger charge is -2.24. The molecule has 0 saturated carbocycles. The second-order valence-corrected chi connectivity index (χ2v) is 9.04. The number of rotatable bonds is 2. The van der Waals surface area contributed by atoms with Crippen LogP contribution < -0.4 is 10.5 Å². The minimum Gasteiger partial charge on any atom is -0.473 e. The van der Waals surface area contributed by atoms with Gasteiger partial charge in [-0.15, -0.1) is 0 Å². The molecule has 0 aromatic carbocycles. The number of aromatic nitrogens is 5. The largest absolute Gasteiger partial charge is 0.473 e. The maximum Gasteiger partial charge on any atom is 0.221 e. The lowest BCUT2D eigenvalue weighted by molar-refractivity contribution is 0.160. The number of nitrogens with two attached hydrogens (primary N) is 1. The van der Waals surface area contributed by atoms with E-state index in [1.165, 1.54) is 0 Å². The Morgan fingerprint density at radius 1 is 1.34 bits per heavy atom. The van der Waals surface area contributed by atoms with Crippen molar-refractivity contribution in [1.82, 2.24) is 29.9 Å². The van der Waals surface area contributed by atoms with Crippen LogP contribution in [0.15, 0.2) is 28.4 Å². The van der Waals surface area contributed by atoms with E-state index in [0.29, 0.717) is 31.3 Å². The van der Waals surface area contributed by atoms with Crippen LogP contribution in [-0.2, 0) is 18.4 Å². The molecule has 0 amide bonds. The number of pyridine rings is 1. The van der Waals surface area contributed by atoms with E-state index in [-0.39, 0.29) is 6.10 Å². The summed E-state index contributed by atoms with van der Waals surface area (Å²) >= 11 is 0. The lowest BCUT2D eigenvalue weighted by Crippen LogP contribution is -2.35. The number of likely N-dealkylation sites (N-methyl/N-ethyl adjacent to an activating group) is 1. The van der Waals surface area contributed by atoms with E-state index >= 15 is 0 Å². The summed E-state index contributed by atoms with van der Waals surface area (Å²) in [6.45, 7) is 7.54. The molecule has 1 atom stereocenters. The highest BCUT2D eigenvalue weighted by Crippen LogP contribution is 2.36. The van der Waals surface area contributed by atoms with Crippen molar-refractivity contribution in [3.63, 3.8) is 0 Å². The Balaban J connectivity index is 1.98. The smallest absolute Gasteiger partial charge is 0.221 e. The molecule has 1 unspecified atom stereocenters. The van der Waals surface area contributed by atoms with Crippen molar-refractivity contribution in [3.8, 4) is 17.1 Å². The van der Waals surface area contributed by atoms with Crippen molar-refractivity contribution < 1.29 is 9.47 Å². The summed E-state index contributed by atoms with van der Waals surface area (Å²) in [5.41, 5.74) is 13.6. The number of methoxy groups -OCH3 is 1. The van der Waals surface area contributed by atoms with Gasteiger partial charge in [0.15, 0.2) is 0 Å². The Morgan fingerprint density at radius 2 is 2.11 bits per heavy atom. The molecule has 10 heteroatoms. The first-order chi connectivity index (χ1) is 16.7. The molecule has 3 aromatic rings. The van der Waals surface area contributed by atoms with Crippen LogP contribution in [0.1, 0.15) is 30.9 Å². The Bertz CT molecular complexity index is 1330. The summed E-state index contributed by atoms with van der Waals surface area (Å²) in [7, 11) is 7.37. The quantitative estimate of drug-likeness (QED) is 0.581. The van der Waals surface area contributed by atoms with Crippen LogP contribution in [0.3, 0.4) is 0 Å². The van der Waals surface area contributed by atoms with Gasteiger partial charge in [-0.2, -0.15) is 10.2 Å². The predicted molar refractivity (Wildman–Crippen MR) is 138 cm³/mol. The fraction of sp³-hybridized carbons (Fsp3) is 0.440. The summed E-state index contributed by atoms with van der Waals surface area (Å²) in [4.78, 5) is 11.6. The average Bonchev–Trinajstić information content (AvgIpc) is 3.33. The van der Waals surface area contributed by atoms with Crippen molar-refractivity contribution in [3.05, 3.63) is 40.5 Å². The van der Waals surface area contributed by atoms with Crippen LogP contribution in [0.5, 0.6) is 5.88 Å². The molecule has 1 aliphatic rings. The molecule has 35 heavy (non-hydrogen) atoms. The highest BCUT2D eigenvalue weighted by atomic mass is 16.5. The van der Waals surface area contributed by atoms with Crippen LogP contribution >= 0.6 is 0 Å². The van der Waals surface area contributed by atoms with E-state index in [9.17, 15) is 0 Å². The SMILES string of the molecule is CN=C1CN(C)CC(C)Oc2c(c(COC)nn2C)-c2cc3c([nH]nc3c(C)n2)/C=C/C1=C(\C)N. The Kier molecular flexibility index (Phi) is 7.04. The van der Waals surface area contributed by atoms with Crippen molar-refractivity contribution in [2.45, 2.75) is 33.5 Å². The van der Waals surface area contributed by atoms with E-state index in [0.717, 1.165) is 50.5 Å². The third-order valence-corrected chi connectivity index (χ3v) is 6.07. The molecule has 4 rings (SSSR count). The maximum absolute atomic E-state index is 6.48. The standard InChI is InChI=1S/C25H34N8O2/c1-14-11-32(5)12-21(27-4)17(15(2)26)8-9-19-18-10-20(28-16(3)24(18)30-29-19)23-22(13-34-7)31-33(6)25(23)35-14/h8-10,14H,11-13,26H2,1-7H3,(H,29,30)/b9-8+,17-15-,27-21?. The summed E-state index contributed by atoms with van der Waals surface area (Å²) in [6.07, 6.45) is 3.87. The van der Waals surface area contributed by atoms with Gasteiger partial charge < -0.3 is 15.2 Å². The summed E-state index contributed by atoms with van der Waals surface area (Å²) in [5, 5.41) is 13.3. The van der Waals surface area contributed by atoms with Gasteiger partial charge >= 0.3 is 0 Å². The van der Waals surface area contributed by atoms with Crippen molar-refractivity contribution >= 4 is 22.7 Å². The van der Waals surface area contributed by atoms with Crippen molar-refractivity contribution in [1.29, 1.82) is 0 Å². The number of H-pyrrole nitrogens is 1. The van der Waals surface area contributed by atoms with E-state index in [4.69, 9.17) is 20.2 Å². The molecule has 3 N–H and O–H groups in total. The molecule has 0 spiro atoms. The minimum absolute atomic E-state index is 0.121. The molecular weight excluding hydrogens is 444 g/mol. The number of aryl methyl sites for hydroxylation is 2. The highest BCUT2D eigenvalue weighted by molar-refractivity contribution is 6.05. The third kappa shape index (κ3) is 4.85. The monoisotopic (exact) mass is 478 g/mol. The summed E-state index contributed by atoms with van der Waals surface area (Å²) in [6, 6.07) is 2.03. The van der Waals surface area contributed by atoms with Crippen LogP contribution in [0.4, 0.5) is 0 Å². The van der Waals surface area contributed by atoms with Gasteiger partial charge in [-0.3, -0.25) is 20.0 Å². The fourth-order valence-electron chi connectivity index (χ4n) is 4.52. The van der Waals surface area contributed by atoms with Gasteiger partial charge in [0.05, 0.1) is 35.0 Å². The third-order valence-electron chi connectivity index (χ3n) is 6.07. The Labute approximate surface area is 205 Å². The first kappa shape index (κ1) is 24.6. The predicted octanol–water partition coefficient (Wildman–Crippen LogP) is 2.84. The second kappa shape index (κ2) is 10.0. The minimum atomic E-state index is -0.121. The van der Waals surface area contributed by atoms with Gasteiger partial charge in [0, 0.05) is 51.0 Å². The number of fused-ring (bicyclic) bond motifs is 3. The van der Waals surface area contributed by atoms with Crippen LogP contribution in [0.2, 0.25) is 0 Å². The van der Waals surface area contributed by atoms with E-state index in [1.807, 2.05) is 53.1 Å². The zero-order valence-electron chi connectivity index (χ0n) is 21.5. The van der Waals surface area contributed by atoms with Gasteiger partial charge in [0.2, 0.25) is 5.88 Å². The Hall–Kier alpha value is -3.50. The topological polar surface area (TPSA) is 119 Å². The second-order valence-electron chi connectivity index (χ2n) is 9.04. The van der Waals surface area contributed by atoms with Gasteiger partial charge in [-0.25, -0.2) is 4.68 Å². The number of ether oxygens (including phenoxy) is 2. The van der Waals surface area contributed by atoms with Gasteiger partial charge in [-0.05, 0) is 46.0 Å². The van der Waals surface area contributed by atoms with Crippen LogP contribution in [0.25, 0.3) is 28.2 Å². The molecule has 0 fully saturated rings. The number of nitrogens with one attached hydrogen (secondary N) is 1. The number of hydrogen-bond donors (Lipinski definition) is 2. The molecule has 186 valence electrons. The molecule has 10 nitrogen and oxygen atoms in total. The number of nitrogens with zero attached hydrogens (tertiary/aromatic N) is 6. The van der Waals surface area contributed by atoms with E-state index in [2.05, 4.69) is 25.2 Å². The molecule has 0 radical (unpaired) electrons. The van der Waals surface area contributed by atoms with E-state index < -0.39 is 0 Å². The van der Waals surface area contributed by atoms with Crippen molar-refractivity contribution in [2.24, 2.45) is 17.8 Å². The molecule has 2 bridgehead atoms. The number of allylic oxidation sites excluding steroid dienone is 2. The van der Waals surface area contributed by atoms with Gasteiger partial charge in [0.25, 0.3) is 0 Å². The summed E-state index contributed by atoms with van der Waals surface area (Å²) in [5.74, 6) is 0.655.